The van der Waals surface area contributed by atoms with E-state index in [2.05, 4.69) is 97.9 Å². The summed E-state index contributed by atoms with van der Waals surface area (Å²) < 4.78 is 0. The monoisotopic (exact) mass is 338 g/mol. The van der Waals surface area contributed by atoms with Crippen LogP contribution in [0.15, 0.2) is 91.0 Å². The van der Waals surface area contributed by atoms with Crippen molar-refractivity contribution in [3.05, 3.63) is 108 Å². The molecule has 0 aliphatic heterocycles. The molecule has 0 nitrogen and oxygen atoms in total. The van der Waals surface area contributed by atoms with E-state index in [4.69, 9.17) is 0 Å². The molecule has 0 bridgehead atoms. The van der Waals surface area contributed by atoms with Gasteiger partial charge in [0.05, 0.1) is 0 Å². The van der Waals surface area contributed by atoms with Crippen LogP contribution in [0.1, 0.15) is 26.5 Å². The summed E-state index contributed by atoms with van der Waals surface area (Å²) in [6, 6.07) is 32.1. The van der Waals surface area contributed by atoms with E-state index < -0.39 is 0 Å². The number of hydrogen-bond acceptors (Lipinski definition) is 0. The van der Waals surface area contributed by atoms with Crippen LogP contribution in [0.25, 0.3) is 0 Å². The van der Waals surface area contributed by atoms with Gasteiger partial charge in [0, 0.05) is 5.41 Å². The van der Waals surface area contributed by atoms with Crippen molar-refractivity contribution in [2.75, 3.05) is 0 Å². The number of rotatable bonds is 3. The van der Waals surface area contributed by atoms with Crippen LogP contribution in [-0.2, 0) is 5.41 Å². The van der Waals surface area contributed by atoms with Crippen molar-refractivity contribution in [1.82, 2.24) is 0 Å². The zero-order valence-corrected chi connectivity index (χ0v) is 19.9. The molecule has 0 saturated heterocycles. The molecular weight excluding hydrogens is 318 g/mol. The van der Waals surface area contributed by atoms with Crippen molar-refractivity contribution in [3.8, 4) is 0 Å². The second kappa shape index (κ2) is 10.0. The third-order valence-electron chi connectivity index (χ3n) is 4.05. The fourth-order valence-electron chi connectivity index (χ4n) is 2.81. The largest absolute Gasteiger partial charge is 1.00 e. The molecule has 0 aliphatic carbocycles. The maximum Gasteiger partial charge on any atom is 1.00 e. The zero-order chi connectivity index (χ0) is 13.8. The topological polar surface area (TPSA) is 0 Å². The molecular formula is C20H20K2. The van der Waals surface area contributed by atoms with E-state index in [0.29, 0.717) is 0 Å². The molecule has 0 atom stereocenters. The summed E-state index contributed by atoms with van der Waals surface area (Å²) in [4.78, 5) is 0. The van der Waals surface area contributed by atoms with Gasteiger partial charge in [-0.2, -0.15) is 0 Å². The first-order valence-electron chi connectivity index (χ1n) is 6.98. The second-order valence-corrected chi connectivity index (χ2v) is 5.22. The van der Waals surface area contributed by atoms with E-state index in [1.165, 1.54) is 16.7 Å². The van der Waals surface area contributed by atoms with Gasteiger partial charge in [0.15, 0.2) is 0 Å². The van der Waals surface area contributed by atoms with Crippen LogP contribution in [0.4, 0.5) is 0 Å². The standard InChI is InChI=1S/C20H18.2K.2H/c1-20(17-11-5-2-6-12-17,18-13-7-3-8-14-18)19-15-9-4-10-16-19;;;;/h2-16H,1H3;;;;/q;2*+1;2*-1. The molecule has 0 amide bonds. The molecule has 0 spiro atoms. The van der Waals surface area contributed by atoms with Crippen LogP contribution in [0.2, 0.25) is 0 Å². The third-order valence-corrected chi connectivity index (χ3v) is 4.05. The normalized spacial score (nSPS) is 10.2. The van der Waals surface area contributed by atoms with Gasteiger partial charge < -0.3 is 2.85 Å². The molecule has 2 heteroatoms. The first-order valence-corrected chi connectivity index (χ1v) is 6.98. The van der Waals surface area contributed by atoms with Crippen molar-refractivity contribution in [2.24, 2.45) is 0 Å². The van der Waals surface area contributed by atoms with E-state index in [1.807, 2.05) is 0 Å². The molecule has 0 saturated carbocycles. The van der Waals surface area contributed by atoms with Gasteiger partial charge in [-0.1, -0.05) is 91.0 Å². The van der Waals surface area contributed by atoms with E-state index >= 15 is 0 Å². The minimum atomic E-state index is -0.121. The smallest absolute Gasteiger partial charge is 1.00 e. The summed E-state index contributed by atoms with van der Waals surface area (Å²) in [5, 5.41) is 0. The fraction of sp³-hybridized carbons (Fsp3) is 0.100. The predicted octanol–water partition coefficient (Wildman–Crippen LogP) is -0.726. The molecule has 0 radical (unpaired) electrons. The second-order valence-electron chi connectivity index (χ2n) is 5.22. The fourth-order valence-corrected chi connectivity index (χ4v) is 2.81. The van der Waals surface area contributed by atoms with Crippen LogP contribution in [0, 0.1) is 0 Å². The predicted molar refractivity (Wildman–Crippen MR) is 87.1 cm³/mol. The summed E-state index contributed by atoms with van der Waals surface area (Å²) in [7, 11) is 0. The summed E-state index contributed by atoms with van der Waals surface area (Å²) in [6.45, 7) is 2.30. The number of benzene rings is 3. The molecule has 0 heterocycles. The molecule has 3 aromatic rings. The molecule has 3 rings (SSSR count). The van der Waals surface area contributed by atoms with Gasteiger partial charge in [0.2, 0.25) is 0 Å². The third kappa shape index (κ3) is 4.51. The zero-order valence-electron chi connectivity index (χ0n) is 15.7. The molecule has 102 valence electrons. The summed E-state index contributed by atoms with van der Waals surface area (Å²) >= 11 is 0. The quantitative estimate of drug-likeness (QED) is 0.437. The van der Waals surface area contributed by atoms with E-state index in [9.17, 15) is 0 Å². The van der Waals surface area contributed by atoms with Crippen LogP contribution in [-0.4, -0.2) is 0 Å². The maximum absolute atomic E-state index is 2.30. The van der Waals surface area contributed by atoms with E-state index in [-0.39, 0.29) is 111 Å². The van der Waals surface area contributed by atoms with Crippen molar-refractivity contribution in [3.63, 3.8) is 0 Å². The van der Waals surface area contributed by atoms with Gasteiger partial charge in [0.25, 0.3) is 0 Å². The first kappa shape index (κ1) is 21.0. The van der Waals surface area contributed by atoms with Gasteiger partial charge >= 0.3 is 103 Å². The van der Waals surface area contributed by atoms with Crippen LogP contribution in [0.3, 0.4) is 0 Å². The van der Waals surface area contributed by atoms with E-state index in [0.717, 1.165) is 0 Å². The maximum atomic E-state index is 2.30. The van der Waals surface area contributed by atoms with Gasteiger partial charge in [-0.15, -0.1) is 0 Å². The molecule has 0 N–H and O–H groups in total. The SMILES string of the molecule is CC(c1ccccc1)(c1ccccc1)c1ccccc1.[H-].[H-].[K+].[K+]. The molecule has 0 aromatic heterocycles. The Labute approximate surface area is 221 Å². The minimum Gasteiger partial charge on any atom is -1.00 e. The van der Waals surface area contributed by atoms with Gasteiger partial charge in [0.1, 0.15) is 0 Å². The Morgan fingerprint density at radius 1 is 0.500 bits per heavy atom. The van der Waals surface area contributed by atoms with Crippen molar-refractivity contribution < 1.29 is 106 Å². The molecule has 22 heavy (non-hydrogen) atoms. The Morgan fingerprint density at radius 3 is 0.955 bits per heavy atom. The van der Waals surface area contributed by atoms with Gasteiger partial charge in [-0.3, -0.25) is 0 Å². The Bertz CT molecular complexity index is 577. The first-order chi connectivity index (χ1) is 9.82. The Balaban J connectivity index is 0. The molecule has 0 fully saturated rings. The van der Waals surface area contributed by atoms with Gasteiger partial charge in [-0.05, 0) is 23.6 Å². The van der Waals surface area contributed by atoms with E-state index in [1.54, 1.807) is 0 Å². The average Bonchev–Trinajstić information content (AvgIpc) is 2.56. The average molecular weight is 339 g/mol. The molecule has 0 aliphatic rings. The Kier molecular flexibility index (Phi) is 9.58. The summed E-state index contributed by atoms with van der Waals surface area (Å²) in [5.74, 6) is 0. The Hall–Kier alpha value is 0.933. The minimum absolute atomic E-state index is 0. The molecule has 0 unspecified atom stereocenters. The van der Waals surface area contributed by atoms with Crippen molar-refractivity contribution in [1.29, 1.82) is 0 Å². The number of hydrogen-bond donors (Lipinski definition) is 0. The molecule has 3 aromatic carbocycles. The van der Waals surface area contributed by atoms with Crippen molar-refractivity contribution in [2.45, 2.75) is 12.3 Å². The van der Waals surface area contributed by atoms with Crippen LogP contribution in [0.5, 0.6) is 0 Å². The van der Waals surface area contributed by atoms with Gasteiger partial charge in [-0.25, -0.2) is 0 Å². The summed E-state index contributed by atoms with van der Waals surface area (Å²) in [5.41, 5.74) is 3.83. The van der Waals surface area contributed by atoms with Crippen LogP contribution >= 0.6 is 0 Å². The Morgan fingerprint density at radius 2 is 0.727 bits per heavy atom. The van der Waals surface area contributed by atoms with Crippen molar-refractivity contribution >= 4 is 0 Å². The van der Waals surface area contributed by atoms with Crippen LogP contribution < -0.4 is 103 Å². The summed E-state index contributed by atoms with van der Waals surface area (Å²) in [6.07, 6.45) is 0.